The number of nitrogens with one attached hydrogen (secondary N) is 1. The molecule has 0 bridgehead atoms. The highest BCUT2D eigenvalue weighted by Crippen LogP contribution is 2.36. The third-order valence-corrected chi connectivity index (χ3v) is 5.38. The van der Waals surface area contributed by atoms with Gasteiger partial charge in [0.1, 0.15) is 11.6 Å². The van der Waals surface area contributed by atoms with Gasteiger partial charge >= 0.3 is 0 Å². The van der Waals surface area contributed by atoms with Gasteiger partial charge < -0.3 is 5.32 Å². The van der Waals surface area contributed by atoms with Crippen LogP contribution in [0.25, 0.3) is 0 Å². The van der Waals surface area contributed by atoms with Gasteiger partial charge in [-0.15, -0.1) is 0 Å². The molecule has 0 atom stereocenters. The molecule has 0 amide bonds. The standard InChI is InChI=1S/C16H25N3S/c1-2-17-16-13-10-20-11-14(13)18-15(19-16)12-8-6-4-3-5-7-9-12/h12H,2-11H2,1H3,(H,17,18,19). The zero-order chi connectivity index (χ0) is 13.8. The van der Waals surface area contributed by atoms with Crippen LogP contribution in [-0.4, -0.2) is 16.5 Å². The molecular formula is C16H25N3S. The van der Waals surface area contributed by atoms with Gasteiger partial charge in [-0.1, -0.05) is 32.1 Å². The van der Waals surface area contributed by atoms with Gasteiger partial charge in [-0.3, -0.25) is 0 Å². The van der Waals surface area contributed by atoms with E-state index in [-0.39, 0.29) is 0 Å². The first kappa shape index (κ1) is 14.2. The molecule has 0 aromatic carbocycles. The van der Waals surface area contributed by atoms with Crippen LogP contribution in [-0.2, 0) is 11.5 Å². The number of hydrogen-bond acceptors (Lipinski definition) is 4. The number of anilines is 1. The lowest BCUT2D eigenvalue weighted by Gasteiger charge is -2.20. The van der Waals surface area contributed by atoms with Crippen molar-refractivity contribution in [3.63, 3.8) is 0 Å². The maximum Gasteiger partial charge on any atom is 0.134 e. The fourth-order valence-electron chi connectivity index (χ4n) is 3.28. The average Bonchev–Trinajstić information content (AvgIpc) is 2.87. The Hall–Kier alpha value is -0.770. The zero-order valence-electron chi connectivity index (χ0n) is 12.5. The molecule has 0 radical (unpaired) electrons. The molecule has 20 heavy (non-hydrogen) atoms. The van der Waals surface area contributed by atoms with E-state index in [4.69, 9.17) is 9.97 Å². The summed E-state index contributed by atoms with van der Waals surface area (Å²) in [5.41, 5.74) is 2.64. The molecule has 0 spiro atoms. The van der Waals surface area contributed by atoms with Crippen LogP contribution in [0, 0.1) is 0 Å². The Morgan fingerprint density at radius 2 is 1.80 bits per heavy atom. The van der Waals surface area contributed by atoms with Gasteiger partial charge in [-0.05, 0) is 19.8 Å². The summed E-state index contributed by atoms with van der Waals surface area (Å²) in [6.07, 6.45) is 9.42. The maximum absolute atomic E-state index is 4.92. The Bertz CT molecular complexity index is 453. The lowest BCUT2D eigenvalue weighted by atomic mass is 9.90. The van der Waals surface area contributed by atoms with Crippen LogP contribution in [0.4, 0.5) is 5.82 Å². The molecule has 1 aromatic rings. The molecule has 0 unspecified atom stereocenters. The van der Waals surface area contributed by atoms with Crippen LogP contribution in [0.15, 0.2) is 0 Å². The molecule has 1 aliphatic heterocycles. The summed E-state index contributed by atoms with van der Waals surface area (Å²) in [5.74, 6) is 4.95. The van der Waals surface area contributed by atoms with Crippen molar-refractivity contribution in [2.45, 2.75) is 69.3 Å². The summed E-state index contributed by atoms with van der Waals surface area (Å²) < 4.78 is 0. The summed E-state index contributed by atoms with van der Waals surface area (Å²) in [5, 5.41) is 3.45. The molecule has 2 aliphatic rings. The quantitative estimate of drug-likeness (QED) is 0.891. The average molecular weight is 291 g/mol. The molecule has 1 fully saturated rings. The molecule has 3 nitrogen and oxygen atoms in total. The summed E-state index contributed by atoms with van der Waals surface area (Å²) in [7, 11) is 0. The van der Waals surface area contributed by atoms with E-state index in [1.54, 1.807) is 0 Å². The molecule has 1 aromatic heterocycles. The Kier molecular flexibility index (Phi) is 4.81. The van der Waals surface area contributed by atoms with Crippen molar-refractivity contribution >= 4 is 17.6 Å². The molecule has 3 rings (SSSR count). The molecule has 1 saturated carbocycles. The first-order valence-electron chi connectivity index (χ1n) is 8.09. The molecule has 4 heteroatoms. The van der Waals surface area contributed by atoms with Crippen molar-refractivity contribution in [2.24, 2.45) is 0 Å². The number of aromatic nitrogens is 2. The lowest BCUT2D eigenvalue weighted by Crippen LogP contribution is -2.12. The van der Waals surface area contributed by atoms with Crippen molar-refractivity contribution in [3.8, 4) is 0 Å². The van der Waals surface area contributed by atoms with E-state index in [9.17, 15) is 0 Å². The Morgan fingerprint density at radius 3 is 2.55 bits per heavy atom. The maximum atomic E-state index is 4.92. The molecule has 2 heterocycles. The summed E-state index contributed by atoms with van der Waals surface area (Å²) in [4.78, 5) is 9.81. The predicted molar refractivity (Wildman–Crippen MR) is 86.3 cm³/mol. The SMILES string of the molecule is CCNc1nc(C2CCCCCCC2)nc2c1CSC2. The van der Waals surface area contributed by atoms with Crippen LogP contribution in [0.3, 0.4) is 0 Å². The van der Waals surface area contributed by atoms with Crippen molar-refractivity contribution < 1.29 is 0 Å². The second-order valence-electron chi connectivity index (χ2n) is 5.92. The number of fused-ring (bicyclic) bond motifs is 1. The highest BCUT2D eigenvalue weighted by molar-refractivity contribution is 7.98. The molecule has 1 aliphatic carbocycles. The van der Waals surface area contributed by atoms with E-state index >= 15 is 0 Å². The first-order chi connectivity index (χ1) is 9.88. The number of hydrogen-bond donors (Lipinski definition) is 1. The van der Waals surface area contributed by atoms with Crippen LogP contribution in [0.2, 0.25) is 0 Å². The molecule has 1 N–H and O–H groups in total. The van der Waals surface area contributed by atoms with Gasteiger partial charge in [0.05, 0.1) is 5.69 Å². The minimum atomic E-state index is 0.587. The van der Waals surface area contributed by atoms with E-state index < -0.39 is 0 Å². The summed E-state index contributed by atoms with van der Waals surface area (Å²) >= 11 is 1.96. The smallest absolute Gasteiger partial charge is 0.134 e. The molecule has 110 valence electrons. The van der Waals surface area contributed by atoms with Crippen LogP contribution in [0.1, 0.15) is 74.9 Å². The van der Waals surface area contributed by atoms with Crippen molar-refractivity contribution in [1.29, 1.82) is 0 Å². The summed E-state index contributed by atoms with van der Waals surface area (Å²) in [6.45, 7) is 3.09. The highest BCUT2D eigenvalue weighted by Gasteiger charge is 2.23. The van der Waals surface area contributed by atoms with E-state index in [0.717, 1.165) is 29.7 Å². The third kappa shape index (κ3) is 3.11. The van der Waals surface area contributed by atoms with E-state index in [1.165, 1.54) is 56.2 Å². The number of rotatable bonds is 3. The zero-order valence-corrected chi connectivity index (χ0v) is 13.3. The first-order valence-corrected chi connectivity index (χ1v) is 9.25. The lowest BCUT2D eigenvalue weighted by molar-refractivity contribution is 0.442. The second-order valence-corrected chi connectivity index (χ2v) is 6.91. The number of nitrogens with zero attached hydrogens (tertiary/aromatic N) is 2. The van der Waals surface area contributed by atoms with Gasteiger partial charge in [-0.25, -0.2) is 9.97 Å². The third-order valence-electron chi connectivity index (χ3n) is 4.41. The van der Waals surface area contributed by atoms with Gasteiger partial charge in [0.15, 0.2) is 0 Å². The number of thioether (sulfide) groups is 1. The monoisotopic (exact) mass is 291 g/mol. The van der Waals surface area contributed by atoms with E-state index in [0.29, 0.717) is 5.92 Å². The van der Waals surface area contributed by atoms with E-state index in [1.807, 2.05) is 11.8 Å². The summed E-state index contributed by atoms with van der Waals surface area (Å²) in [6, 6.07) is 0. The molecule has 0 saturated heterocycles. The fourth-order valence-corrected chi connectivity index (χ4v) is 4.32. The Labute approximate surface area is 126 Å². The minimum Gasteiger partial charge on any atom is -0.370 e. The fraction of sp³-hybridized carbons (Fsp3) is 0.750. The van der Waals surface area contributed by atoms with Gasteiger partial charge in [-0.2, -0.15) is 11.8 Å². The topological polar surface area (TPSA) is 37.8 Å². The van der Waals surface area contributed by atoms with E-state index in [2.05, 4.69) is 12.2 Å². The van der Waals surface area contributed by atoms with Gasteiger partial charge in [0.25, 0.3) is 0 Å². The van der Waals surface area contributed by atoms with Crippen LogP contribution < -0.4 is 5.32 Å². The molecular weight excluding hydrogens is 266 g/mol. The van der Waals surface area contributed by atoms with Crippen LogP contribution >= 0.6 is 11.8 Å². The normalized spacial score (nSPS) is 20.2. The largest absolute Gasteiger partial charge is 0.370 e. The van der Waals surface area contributed by atoms with Gasteiger partial charge in [0, 0.05) is 29.5 Å². The van der Waals surface area contributed by atoms with Crippen molar-refractivity contribution in [1.82, 2.24) is 9.97 Å². The Balaban J connectivity index is 1.86. The second kappa shape index (κ2) is 6.79. The predicted octanol–water partition coefficient (Wildman–Crippen LogP) is 4.48. The van der Waals surface area contributed by atoms with Crippen molar-refractivity contribution in [3.05, 3.63) is 17.1 Å². The minimum absolute atomic E-state index is 0.587. The van der Waals surface area contributed by atoms with Crippen molar-refractivity contribution in [2.75, 3.05) is 11.9 Å². The van der Waals surface area contributed by atoms with Crippen LogP contribution in [0.5, 0.6) is 0 Å². The van der Waals surface area contributed by atoms with Gasteiger partial charge in [0.2, 0.25) is 0 Å². The Morgan fingerprint density at radius 1 is 1.05 bits per heavy atom. The highest BCUT2D eigenvalue weighted by atomic mass is 32.2.